The van der Waals surface area contributed by atoms with Crippen LogP contribution in [0.5, 0.6) is 0 Å². The lowest BCUT2D eigenvalue weighted by molar-refractivity contribution is 0.0369. The Morgan fingerprint density at radius 1 is 1.47 bits per heavy atom. The molecule has 0 saturated carbocycles. The van der Waals surface area contributed by atoms with Crippen molar-refractivity contribution in [2.24, 2.45) is 0 Å². The number of halogens is 2. The molecule has 1 heterocycles. The lowest BCUT2D eigenvalue weighted by Gasteiger charge is -2.13. The van der Waals surface area contributed by atoms with Gasteiger partial charge in [-0.25, -0.2) is 4.98 Å². The fourth-order valence-corrected chi connectivity index (χ4v) is 3.34. The Hall–Kier alpha value is -0.420. The van der Waals surface area contributed by atoms with Gasteiger partial charge in [-0.3, -0.25) is 0 Å². The van der Waals surface area contributed by atoms with E-state index in [4.69, 9.17) is 16.3 Å². The minimum atomic E-state index is 0.0425. The highest BCUT2D eigenvalue weighted by molar-refractivity contribution is 9.10. The minimum Gasteiger partial charge on any atom is -0.366 e. The fourth-order valence-electron chi connectivity index (χ4n) is 1.72. The number of thiazole rings is 1. The van der Waals surface area contributed by atoms with E-state index in [9.17, 15) is 0 Å². The van der Waals surface area contributed by atoms with E-state index in [1.165, 1.54) is 0 Å². The molecule has 0 aliphatic carbocycles. The molecule has 0 fully saturated rings. The summed E-state index contributed by atoms with van der Waals surface area (Å²) < 4.78 is 7.03. The second kappa shape index (κ2) is 7.39. The summed E-state index contributed by atoms with van der Waals surface area (Å²) in [5.41, 5.74) is 2.08. The Labute approximate surface area is 130 Å². The Balaban J connectivity index is 1.99. The molecule has 0 amide bonds. The van der Waals surface area contributed by atoms with E-state index in [0.29, 0.717) is 12.5 Å². The van der Waals surface area contributed by atoms with E-state index in [2.05, 4.69) is 40.0 Å². The van der Waals surface area contributed by atoms with E-state index >= 15 is 0 Å². The minimum absolute atomic E-state index is 0.0425. The van der Waals surface area contributed by atoms with Crippen molar-refractivity contribution < 1.29 is 4.74 Å². The van der Waals surface area contributed by atoms with Crippen LogP contribution in [0.15, 0.2) is 34.1 Å². The van der Waals surface area contributed by atoms with Gasteiger partial charge in [0.1, 0.15) is 11.1 Å². The van der Waals surface area contributed by atoms with Gasteiger partial charge in [-0.2, -0.15) is 0 Å². The maximum Gasteiger partial charge on any atom is 0.122 e. The van der Waals surface area contributed by atoms with Gasteiger partial charge in [0.15, 0.2) is 0 Å². The molecule has 1 aromatic heterocycles. The van der Waals surface area contributed by atoms with Gasteiger partial charge in [0.25, 0.3) is 0 Å². The first-order chi connectivity index (χ1) is 9.22. The van der Waals surface area contributed by atoms with Crippen molar-refractivity contribution in [3.05, 3.63) is 50.4 Å². The molecule has 19 heavy (non-hydrogen) atoms. The number of alkyl halides is 1. The van der Waals surface area contributed by atoms with Gasteiger partial charge in [0.05, 0.1) is 18.2 Å². The zero-order valence-corrected chi connectivity index (χ0v) is 13.8. The number of nitrogens with zero attached hydrogens (tertiary/aromatic N) is 1. The summed E-state index contributed by atoms with van der Waals surface area (Å²) in [5.74, 6) is 0.457. The molecule has 1 aromatic carbocycles. The predicted molar refractivity (Wildman–Crippen MR) is 83.6 cm³/mol. The Morgan fingerprint density at radius 3 is 2.95 bits per heavy atom. The average Bonchev–Trinajstić information content (AvgIpc) is 2.88. The third-order valence-electron chi connectivity index (χ3n) is 2.69. The molecule has 2 rings (SSSR count). The summed E-state index contributed by atoms with van der Waals surface area (Å²) in [7, 11) is 0. The van der Waals surface area contributed by atoms with Crippen molar-refractivity contribution in [3.63, 3.8) is 0 Å². The zero-order valence-electron chi connectivity index (χ0n) is 10.6. The van der Waals surface area contributed by atoms with E-state index in [0.717, 1.165) is 27.2 Å². The monoisotopic (exact) mass is 359 g/mol. The number of rotatable bonds is 6. The normalized spacial score (nSPS) is 12.6. The number of hydrogen-bond donors (Lipinski definition) is 0. The second-order valence-corrected chi connectivity index (χ2v) is 6.22. The standard InChI is InChI=1S/C14H15BrClNOS/c1-2-13(14-17-12(7-16)9-19-14)18-8-10-4-3-5-11(15)6-10/h3-6,9,13H,2,7-8H2,1H3. The molecule has 0 spiro atoms. The number of ether oxygens (including phenoxy) is 1. The van der Waals surface area contributed by atoms with Crippen LogP contribution in [0.25, 0.3) is 0 Å². The zero-order chi connectivity index (χ0) is 13.7. The van der Waals surface area contributed by atoms with Crippen molar-refractivity contribution >= 4 is 38.9 Å². The van der Waals surface area contributed by atoms with Gasteiger partial charge in [-0.15, -0.1) is 22.9 Å². The van der Waals surface area contributed by atoms with Crippen LogP contribution in [0.1, 0.15) is 35.7 Å². The number of hydrogen-bond acceptors (Lipinski definition) is 3. The quantitative estimate of drug-likeness (QED) is 0.651. The van der Waals surface area contributed by atoms with E-state index in [1.807, 2.05) is 17.5 Å². The largest absolute Gasteiger partial charge is 0.366 e. The van der Waals surface area contributed by atoms with Crippen LogP contribution in [0, 0.1) is 0 Å². The van der Waals surface area contributed by atoms with Crippen LogP contribution < -0.4 is 0 Å². The first-order valence-corrected chi connectivity index (χ1v) is 8.30. The van der Waals surface area contributed by atoms with Crippen LogP contribution in [-0.2, 0) is 17.2 Å². The van der Waals surface area contributed by atoms with Crippen LogP contribution in [0.2, 0.25) is 0 Å². The maximum atomic E-state index is 5.96. The lowest BCUT2D eigenvalue weighted by atomic mass is 10.2. The molecule has 0 bridgehead atoms. The average molecular weight is 361 g/mol. The van der Waals surface area contributed by atoms with Crippen molar-refractivity contribution in [1.29, 1.82) is 0 Å². The predicted octanol–water partition coefficient (Wildman–Crippen LogP) is 5.31. The molecule has 1 unspecified atom stereocenters. The first kappa shape index (κ1) is 15.0. The summed E-state index contributed by atoms with van der Waals surface area (Å²) in [6, 6.07) is 8.15. The van der Waals surface area contributed by atoms with Crippen LogP contribution in [0.3, 0.4) is 0 Å². The van der Waals surface area contributed by atoms with Crippen molar-refractivity contribution in [2.45, 2.75) is 31.9 Å². The Bertz CT molecular complexity index is 532. The van der Waals surface area contributed by atoms with Crippen LogP contribution in [-0.4, -0.2) is 4.98 Å². The highest BCUT2D eigenvalue weighted by Crippen LogP contribution is 2.26. The number of aromatic nitrogens is 1. The van der Waals surface area contributed by atoms with E-state index in [1.54, 1.807) is 11.3 Å². The van der Waals surface area contributed by atoms with Gasteiger partial charge >= 0.3 is 0 Å². The number of benzene rings is 1. The molecule has 5 heteroatoms. The van der Waals surface area contributed by atoms with Crippen molar-refractivity contribution in [3.8, 4) is 0 Å². The molecule has 0 aliphatic heterocycles. The van der Waals surface area contributed by atoms with E-state index < -0.39 is 0 Å². The fraction of sp³-hybridized carbons (Fsp3) is 0.357. The van der Waals surface area contributed by atoms with Gasteiger partial charge in [0.2, 0.25) is 0 Å². The third kappa shape index (κ3) is 4.28. The first-order valence-electron chi connectivity index (χ1n) is 6.09. The molecular weight excluding hydrogens is 346 g/mol. The topological polar surface area (TPSA) is 22.1 Å². The molecule has 2 nitrogen and oxygen atoms in total. The van der Waals surface area contributed by atoms with Gasteiger partial charge in [-0.05, 0) is 24.1 Å². The molecule has 0 saturated heterocycles. The highest BCUT2D eigenvalue weighted by atomic mass is 79.9. The molecular formula is C14H15BrClNOS. The van der Waals surface area contributed by atoms with Crippen LogP contribution >= 0.6 is 38.9 Å². The summed E-state index contributed by atoms with van der Waals surface area (Å²) >= 11 is 10.9. The van der Waals surface area contributed by atoms with Gasteiger partial charge < -0.3 is 4.74 Å². The summed E-state index contributed by atoms with van der Waals surface area (Å²) in [6.45, 7) is 2.70. The molecule has 0 N–H and O–H groups in total. The summed E-state index contributed by atoms with van der Waals surface area (Å²) in [5, 5.41) is 3.00. The second-order valence-electron chi connectivity index (χ2n) is 4.15. The van der Waals surface area contributed by atoms with Crippen LogP contribution in [0.4, 0.5) is 0 Å². The van der Waals surface area contributed by atoms with E-state index in [-0.39, 0.29) is 6.10 Å². The molecule has 0 aliphatic rings. The Morgan fingerprint density at radius 2 is 2.32 bits per heavy atom. The highest BCUT2D eigenvalue weighted by Gasteiger charge is 2.14. The Kier molecular flexibility index (Phi) is 5.82. The van der Waals surface area contributed by atoms with Gasteiger partial charge in [0, 0.05) is 9.85 Å². The summed E-state index contributed by atoms with van der Waals surface area (Å²) in [6.07, 6.45) is 0.949. The molecule has 102 valence electrons. The third-order valence-corrected chi connectivity index (χ3v) is 4.45. The molecule has 1 atom stereocenters. The van der Waals surface area contributed by atoms with Gasteiger partial charge in [-0.1, -0.05) is 35.0 Å². The van der Waals surface area contributed by atoms with Crippen molar-refractivity contribution in [1.82, 2.24) is 4.98 Å². The SMILES string of the molecule is CCC(OCc1cccc(Br)c1)c1nc(CCl)cs1. The lowest BCUT2D eigenvalue weighted by Crippen LogP contribution is -2.03. The summed E-state index contributed by atoms with van der Waals surface area (Å²) in [4.78, 5) is 4.48. The molecule has 0 radical (unpaired) electrons. The smallest absolute Gasteiger partial charge is 0.122 e. The molecule has 2 aromatic rings. The van der Waals surface area contributed by atoms with Crippen molar-refractivity contribution in [2.75, 3.05) is 0 Å². The maximum absolute atomic E-state index is 5.96.